The van der Waals surface area contributed by atoms with Gasteiger partial charge in [0.25, 0.3) is 0 Å². The molecule has 0 saturated carbocycles. The van der Waals surface area contributed by atoms with Crippen molar-refractivity contribution < 1.29 is 27.3 Å². The molecule has 0 atom stereocenters. The van der Waals surface area contributed by atoms with Crippen LogP contribution in [0, 0.1) is 6.42 Å². The molecule has 0 aromatic rings. The molecule has 0 rings (SSSR count). The largest absolute Gasteiger partial charge is 2.00 e. The number of Topliss-reactive ketones (excluding diaryl/α,β-unsaturated/α-hetero) is 1. The zero-order valence-corrected chi connectivity index (χ0v) is 29.8. The van der Waals surface area contributed by atoms with Crippen molar-refractivity contribution in [1.29, 1.82) is 0 Å². The zero-order valence-electron chi connectivity index (χ0n) is 28.6. The van der Waals surface area contributed by atoms with Gasteiger partial charge in [0, 0.05) is 20.0 Å². The van der Waals surface area contributed by atoms with Crippen LogP contribution >= 0.6 is 0 Å². The van der Waals surface area contributed by atoms with Crippen molar-refractivity contribution in [1.82, 2.24) is 5.43 Å². The number of rotatable bonds is 29. The van der Waals surface area contributed by atoms with Gasteiger partial charge in [0.05, 0.1) is 0 Å². The summed E-state index contributed by atoms with van der Waals surface area (Å²) < 4.78 is 0. The third-order valence-corrected chi connectivity index (χ3v) is 7.18. The number of hydrogen-bond donors (Lipinski definition) is 2. The van der Waals surface area contributed by atoms with E-state index >= 15 is 0 Å². The molecule has 0 spiro atoms. The Balaban J connectivity index is -0.000000492. The SMILES string of the molecule is C=C.CCCCCCCCCCCC[CH-]CCCCCC(=O)CCCCCCCCCCCCC.CN[NH-].CO.[Cr+2]. The molecule has 0 fully saturated rings. The topological polar surface area (TPSA) is 73.1 Å². The Labute approximate surface area is 271 Å². The number of aliphatic hydroxyl groups is 1. The minimum atomic E-state index is 0. The fourth-order valence-electron chi connectivity index (χ4n) is 4.82. The first-order valence-electron chi connectivity index (χ1n) is 17.3. The Morgan fingerprint density at radius 1 is 0.561 bits per heavy atom. The monoisotopic (exact) mass is 621 g/mol. The minimum Gasteiger partial charge on any atom is -0.613 e. The summed E-state index contributed by atoms with van der Waals surface area (Å²) in [7, 11) is 2.54. The first-order valence-corrected chi connectivity index (χ1v) is 17.3. The summed E-state index contributed by atoms with van der Waals surface area (Å²) in [6.07, 6.45) is 39.5. The van der Waals surface area contributed by atoms with Gasteiger partial charge in [-0.25, -0.2) is 0 Å². The third-order valence-electron chi connectivity index (χ3n) is 7.18. The Hall–Kier alpha value is -0.178. The molecule has 0 heterocycles. The van der Waals surface area contributed by atoms with E-state index in [9.17, 15) is 4.79 Å². The molecule has 0 amide bonds. The third kappa shape index (κ3) is 60.0. The van der Waals surface area contributed by atoms with Crippen molar-refractivity contribution in [3.8, 4) is 0 Å². The Bertz CT molecular complexity index is 411. The van der Waals surface area contributed by atoms with E-state index in [2.05, 4.69) is 33.4 Å². The van der Waals surface area contributed by atoms with E-state index in [0.29, 0.717) is 5.78 Å². The molecule has 0 radical (unpaired) electrons. The average Bonchev–Trinajstić information content (AvgIpc) is 2.98. The van der Waals surface area contributed by atoms with Crippen molar-refractivity contribution in [3.63, 3.8) is 0 Å². The molecule has 0 aromatic carbocycles. The molecule has 0 saturated heterocycles. The van der Waals surface area contributed by atoms with E-state index < -0.39 is 0 Å². The molecule has 4 nitrogen and oxygen atoms in total. The van der Waals surface area contributed by atoms with Crippen molar-refractivity contribution in [2.24, 2.45) is 0 Å². The van der Waals surface area contributed by atoms with Crippen molar-refractivity contribution in [2.75, 3.05) is 14.2 Å². The molecular weight excluding hydrogens is 544 g/mol. The molecule has 5 heteroatoms. The summed E-state index contributed by atoms with van der Waals surface area (Å²) in [5.41, 5.74) is 2.00. The number of aliphatic hydroxyl groups excluding tert-OH is 1. The van der Waals surface area contributed by atoms with Crippen LogP contribution in [-0.2, 0) is 22.2 Å². The quantitative estimate of drug-likeness (QED) is 0.0378. The van der Waals surface area contributed by atoms with Gasteiger partial charge in [0.2, 0.25) is 0 Å². The Morgan fingerprint density at radius 2 is 0.780 bits per heavy atom. The van der Waals surface area contributed by atoms with E-state index in [0.717, 1.165) is 32.8 Å². The predicted octanol–water partition coefficient (Wildman–Crippen LogP) is 12.3. The van der Waals surface area contributed by atoms with Crippen LogP contribution in [0.2, 0.25) is 0 Å². The number of unbranched alkanes of at least 4 members (excludes halogenated alkanes) is 25. The second-order valence-electron chi connectivity index (χ2n) is 10.9. The van der Waals surface area contributed by atoms with Gasteiger partial charge in [-0.15, -0.1) is 13.2 Å². The molecule has 0 aliphatic heterocycles. The Morgan fingerprint density at radius 3 is 1.07 bits per heavy atom. The first kappa shape index (κ1) is 50.4. The Kier molecular flexibility index (Phi) is 68.6. The van der Waals surface area contributed by atoms with Crippen LogP contribution in [0.5, 0.6) is 0 Å². The van der Waals surface area contributed by atoms with Gasteiger partial charge in [0.1, 0.15) is 5.78 Å². The average molecular weight is 621 g/mol. The minimum absolute atomic E-state index is 0. The van der Waals surface area contributed by atoms with E-state index in [1.165, 1.54) is 154 Å². The molecule has 3 N–H and O–H groups in total. The molecule has 248 valence electrons. The molecule has 0 unspecified atom stereocenters. The van der Waals surface area contributed by atoms with Gasteiger partial charge in [-0.1, -0.05) is 155 Å². The summed E-state index contributed by atoms with van der Waals surface area (Å²) in [6, 6.07) is 0. The summed E-state index contributed by atoms with van der Waals surface area (Å²) >= 11 is 0. The van der Waals surface area contributed by atoms with Gasteiger partial charge < -0.3 is 22.8 Å². The molecule has 0 aromatic heterocycles. The maximum Gasteiger partial charge on any atom is 2.00 e. The van der Waals surface area contributed by atoms with E-state index in [1.807, 2.05) is 5.43 Å². The first-order chi connectivity index (χ1) is 19.7. The summed E-state index contributed by atoms with van der Waals surface area (Å²) in [5.74, 6) is 6.47. The van der Waals surface area contributed by atoms with Gasteiger partial charge >= 0.3 is 17.4 Å². The van der Waals surface area contributed by atoms with Gasteiger partial charge in [-0.3, -0.25) is 4.79 Å². The normalized spacial score (nSPS) is 9.80. The second-order valence-corrected chi connectivity index (χ2v) is 10.9. The zero-order chi connectivity index (χ0) is 30.8. The molecule has 0 bridgehead atoms. The maximum absolute atomic E-state index is 12.0. The number of ketones is 1. The molecule has 0 aliphatic rings. The summed E-state index contributed by atoms with van der Waals surface area (Å²) in [4.78, 5) is 12.0. The van der Waals surface area contributed by atoms with E-state index in [4.69, 9.17) is 10.9 Å². The number of nitrogens with one attached hydrogen (secondary N) is 2. The van der Waals surface area contributed by atoms with Crippen molar-refractivity contribution in [3.05, 3.63) is 25.4 Å². The van der Waals surface area contributed by atoms with Crippen LogP contribution in [-0.4, -0.2) is 25.0 Å². The van der Waals surface area contributed by atoms with Gasteiger partial charge in [0.15, 0.2) is 0 Å². The smallest absolute Gasteiger partial charge is 0.613 e. The molecule has 41 heavy (non-hydrogen) atoms. The van der Waals surface area contributed by atoms with Crippen LogP contribution in [0.3, 0.4) is 0 Å². The van der Waals surface area contributed by atoms with Crippen LogP contribution in [0.1, 0.15) is 194 Å². The van der Waals surface area contributed by atoms with E-state index in [1.54, 1.807) is 7.05 Å². The van der Waals surface area contributed by atoms with Crippen molar-refractivity contribution in [2.45, 2.75) is 194 Å². The van der Waals surface area contributed by atoms with Crippen LogP contribution < -0.4 is 5.43 Å². The van der Waals surface area contributed by atoms with Gasteiger partial charge in [-0.05, 0) is 19.9 Å². The van der Waals surface area contributed by atoms with Crippen LogP contribution in [0.4, 0.5) is 0 Å². The maximum atomic E-state index is 12.0. The number of carbonyl (C=O) groups excluding carboxylic acids is 1. The number of hydrogen-bond acceptors (Lipinski definition) is 3. The fourth-order valence-corrected chi connectivity index (χ4v) is 4.82. The predicted molar refractivity (Wildman–Crippen MR) is 183 cm³/mol. The number of carbonyl (C=O) groups is 1. The van der Waals surface area contributed by atoms with Crippen LogP contribution in [0.15, 0.2) is 13.2 Å². The van der Waals surface area contributed by atoms with E-state index in [-0.39, 0.29) is 17.4 Å². The standard InChI is InChI=1S/C32H63O.C2H4.CH5N2.CH4O.Cr/c1-3-5-7-9-11-13-15-16-17-18-19-21-23-25-27-29-31-32(33)30-28-26-24-22-20-14-12-10-8-6-4-2;1-2;1-3-2;1-2;/h21H,3-20,22-31H2,1-2H3;1-2H2;2-3H,1H3;2H,1H3;/q-1;;-1;;+2. The van der Waals surface area contributed by atoms with Crippen LogP contribution in [0.25, 0.3) is 5.84 Å². The molecule has 0 aliphatic carbocycles. The summed E-state index contributed by atoms with van der Waals surface area (Å²) in [5, 5.41) is 7.00. The van der Waals surface area contributed by atoms with Gasteiger partial charge in [-0.2, -0.15) is 12.8 Å². The fraction of sp³-hybridized carbons (Fsp3) is 0.889. The summed E-state index contributed by atoms with van der Waals surface area (Å²) in [6.45, 7) is 10.6. The second kappa shape index (κ2) is 55.7. The van der Waals surface area contributed by atoms with Crippen molar-refractivity contribution >= 4 is 5.78 Å². The molecular formula is C36H76CrN2O2.